The molecule has 0 saturated heterocycles. The van der Waals surface area contributed by atoms with Crippen LogP contribution >= 0.6 is 12.2 Å². The van der Waals surface area contributed by atoms with Gasteiger partial charge in [-0.05, 0) is 30.8 Å². The third kappa shape index (κ3) is 1.72. The molecule has 3 nitrogen and oxygen atoms in total. The summed E-state index contributed by atoms with van der Waals surface area (Å²) in [6.07, 6.45) is 1.97. The van der Waals surface area contributed by atoms with E-state index in [4.69, 9.17) is 12.2 Å². The van der Waals surface area contributed by atoms with Crippen molar-refractivity contribution in [1.29, 1.82) is 0 Å². The molecule has 3 rings (SSSR count). The maximum Gasteiger partial charge on any atom is 0.178 e. The smallest absolute Gasteiger partial charge is 0.178 e. The van der Waals surface area contributed by atoms with E-state index in [0.29, 0.717) is 6.04 Å². The van der Waals surface area contributed by atoms with Crippen LogP contribution in [-0.4, -0.2) is 27.0 Å². The molecule has 1 aromatic carbocycles. The molecule has 4 heteroatoms. The van der Waals surface area contributed by atoms with Crippen LogP contribution in [0.4, 0.5) is 0 Å². The largest absolute Gasteiger partial charge is 0.331 e. The van der Waals surface area contributed by atoms with Gasteiger partial charge in [-0.1, -0.05) is 18.2 Å². The predicted octanol–water partition coefficient (Wildman–Crippen LogP) is 3.09. The summed E-state index contributed by atoms with van der Waals surface area (Å²) in [5, 5.41) is 0. The number of imidazole rings is 1. The van der Waals surface area contributed by atoms with Crippen molar-refractivity contribution in [3.63, 3.8) is 0 Å². The fourth-order valence-corrected chi connectivity index (χ4v) is 3.04. The Morgan fingerprint density at radius 2 is 2.39 bits per heavy atom. The quantitative estimate of drug-likeness (QED) is 0.662. The zero-order valence-corrected chi connectivity index (χ0v) is 11.3. The van der Waals surface area contributed by atoms with Gasteiger partial charge >= 0.3 is 0 Å². The first-order valence-electron chi connectivity index (χ1n) is 6.26. The molecule has 0 radical (unpaired) electrons. The van der Waals surface area contributed by atoms with Crippen molar-refractivity contribution in [2.24, 2.45) is 0 Å². The minimum Gasteiger partial charge on any atom is -0.331 e. The van der Waals surface area contributed by atoms with Crippen LogP contribution in [0.5, 0.6) is 0 Å². The van der Waals surface area contributed by atoms with Crippen LogP contribution in [0.15, 0.2) is 30.9 Å². The molecule has 1 aliphatic heterocycles. The Morgan fingerprint density at radius 1 is 1.56 bits per heavy atom. The molecule has 2 heterocycles. The molecule has 1 aromatic heterocycles. The summed E-state index contributed by atoms with van der Waals surface area (Å²) in [4.78, 5) is 5.73. The van der Waals surface area contributed by atoms with E-state index in [1.54, 1.807) is 0 Å². The number of benzene rings is 1. The Balaban J connectivity index is 2.20. The lowest BCUT2D eigenvalue weighted by atomic mass is 10.1. The van der Waals surface area contributed by atoms with Crippen molar-refractivity contribution in [3.8, 4) is 0 Å². The monoisotopic (exact) mass is 259 g/mol. The van der Waals surface area contributed by atoms with Crippen molar-refractivity contribution in [1.82, 2.24) is 14.5 Å². The van der Waals surface area contributed by atoms with Gasteiger partial charge in [0.2, 0.25) is 0 Å². The highest BCUT2D eigenvalue weighted by Gasteiger charge is 2.21. The molecule has 18 heavy (non-hydrogen) atoms. The highest BCUT2D eigenvalue weighted by atomic mass is 32.1. The number of aromatic amines is 1. The Kier molecular flexibility index (Phi) is 2.84. The molecule has 0 amide bonds. The van der Waals surface area contributed by atoms with E-state index in [-0.39, 0.29) is 0 Å². The van der Waals surface area contributed by atoms with Crippen LogP contribution < -0.4 is 0 Å². The molecule has 1 N–H and O–H groups in total. The fourth-order valence-electron chi connectivity index (χ4n) is 2.76. The molecule has 0 fully saturated rings. The van der Waals surface area contributed by atoms with Crippen molar-refractivity contribution in [2.45, 2.75) is 26.1 Å². The average molecular weight is 259 g/mol. The molecule has 0 saturated carbocycles. The van der Waals surface area contributed by atoms with Crippen LogP contribution in [0.25, 0.3) is 11.0 Å². The molecule has 1 atom stereocenters. The Bertz CT molecular complexity index is 653. The average Bonchev–Trinajstić information content (AvgIpc) is 2.57. The highest BCUT2D eigenvalue weighted by Crippen LogP contribution is 2.25. The molecule has 94 valence electrons. The number of nitrogens with zero attached hydrogens (tertiary/aromatic N) is 2. The van der Waals surface area contributed by atoms with Gasteiger partial charge in [-0.25, -0.2) is 0 Å². The van der Waals surface area contributed by atoms with E-state index in [2.05, 4.69) is 46.2 Å². The summed E-state index contributed by atoms with van der Waals surface area (Å²) >= 11 is 5.43. The molecule has 1 unspecified atom stereocenters. The topological polar surface area (TPSA) is 24.0 Å². The van der Waals surface area contributed by atoms with Gasteiger partial charge in [0.25, 0.3) is 0 Å². The van der Waals surface area contributed by atoms with Gasteiger partial charge in [0, 0.05) is 25.7 Å². The fraction of sp³-hybridized carbons (Fsp3) is 0.357. The van der Waals surface area contributed by atoms with Gasteiger partial charge in [0.1, 0.15) is 0 Å². The molecule has 0 aliphatic carbocycles. The van der Waals surface area contributed by atoms with Crippen LogP contribution in [0.3, 0.4) is 0 Å². The van der Waals surface area contributed by atoms with E-state index >= 15 is 0 Å². The Labute approximate surface area is 112 Å². The first kappa shape index (κ1) is 11.7. The zero-order chi connectivity index (χ0) is 12.7. The summed E-state index contributed by atoms with van der Waals surface area (Å²) in [6.45, 7) is 8.90. The van der Waals surface area contributed by atoms with Gasteiger partial charge in [0.15, 0.2) is 4.77 Å². The second-order valence-electron chi connectivity index (χ2n) is 4.92. The predicted molar refractivity (Wildman–Crippen MR) is 77.2 cm³/mol. The van der Waals surface area contributed by atoms with Crippen molar-refractivity contribution >= 4 is 23.3 Å². The molecule has 0 spiro atoms. The number of hydrogen-bond donors (Lipinski definition) is 1. The molecular weight excluding hydrogens is 242 g/mol. The number of nitrogens with one attached hydrogen (secondary N) is 1. The summed E-state index contributed by atoms with van der Waals surface area (Å²) in [5.74, 6) is 0. The van der Waals surface area contributed by atoms with Crippen molar-refractivity contribution in [2.75, 3.05) is 6.54 Å². The van der Waals surface area contributed by atoms with Crippen molar-refractivity contribution in [3.05, 3.63) is 41.2 Å². The SMILES string of the molecule is C=CCN1Cc2cccc3[nH]c(=S)n(c23)CC1C. The van der Waals surface area contributed by atoms with E-state index in [0.717, 1.165) is 29.9 Å². The number of rotatable bonds is 2. The summed E-state index contributed by atoms with van der Waals surface area (Å²) < 4.78 is 3.05. The lowest BCUT2D eigenvalue weighted by Crippen LogP contribution is -2.34. The van der Waals surface area contributed by atoms with Crippen molar-refractivity contribution < 1.29 is 0 Å². The Hall–Kier alpha value is -1.39. The second-order valence-corrected chi connectivity index (χ2v) is 5.31. The normalized spacial score (nSPS) is 19.9. The minimum atomic E-state index is 0.459. The lowest BCUT2D eigenvalue weighted by Gasteiger charge is -2.25. The van der Waals surface area contributed by atoms with E-state index < -0.39 is 0 Å². The van der Waals surface area contributed by atoms with Gasteiger partial charge in [-0.15, -0.1) is 6.58 Å². The second kappa shape index (κ2) is 4.37. The maximum atomic E-state index is 5.43. The molecule has 0 bridgehead atoms. The standard InChI is InChI=1S/C14H17N3S/c1-3-7-16-9-11-5-4-6-12-13(11)17(8-10(16)2)14(18)15-12/h3-6,10H,1,7-9H2,2H3,(H,15,18). The third-order valence-corrected chi connectivity index (χ3v) is 4.01. The van der Waals surface area contributed by atoms with Gasteiger partial charge < -0.3 is 9.55 Å². The number of H-pyrrole nitrogens is 1. The van der Waals surface area contributed by atoms with Crippen LogP contribution in [0.2, 0.25) is 0 Å². The van der Waals surface area contributed by atoms with Crippen LogP contribution in [0.1, 0.15) is 12.5 Å². The first-order chi connectivity index (χ1) is 8.70. The summed E-state index contributed by atoms with van der Waals surface area (Å²) in [7, 11) is 0. The van der Waals surface area contributed by atoms with E-state index in [1.807, 2.05) is 6.08 Å². The van der Waals surface area contributed by atoms with Gasteiger partial charge in [-0.3, -0.25) is 4.90 Å². The van der Waals surface area contributed by atoms with E-state index in [1.165, 1.54) is 11.1 Å². The lowest BCUT2D eigenvalue weighted by molar-refractivity contribution is 0.211. The summed E-state index contributed by atoms with van der Waals surface area (Å²) in [5.41, 5.74) is 3.75. The highest BCUT2D eigenvalue weighted by molar-refractivity contribution is 7.71. The van der Waals surface area contributed by atoms with E-state index in [9.17, 15) is 0 Å². The molecular formula is C14H17N3S. The van der Waals surface area contributed by atoms with Gasteiger partial charge in [0.05, 0.1) is 11.0 Å². The first-order valence-corrected chi connectivity index (χ1v) is 6.67. The molecule has 2 aromatic rings. The van der Waals surface area contributed by atoms with Crippen LogP contribution in [0, 0.1) is 4.77 Å². The number of aromatic nitrogens is 2. The zero-order valence-electron chi connectivity index (χ0n) is 10.5. The minimum absolute atomic E-state index is 0.459. The third-order valence-electron chi connectivity index (χ3n) is 3.68. The molecule has 1 aliphatic rings. The Morgan fingerprint density at radius 3 is 3.17 bits per heavy atom. The summed E-state index contributed by atoms with van der Waals surface area (Å²) in [6, 6.07) is 6.84. The van der Waals surface area contributed by atoms with Gasteiger partial charge in [-0.2, -0.15) is 0 Å². The number of hydrogen-bond acceptors (Lipinski definition) is 2. The number of para-hydroxylation sites is 1. The maximum absolute atomic E-state index is 5.43. The van der Waals surface area contributed by atoms with Crippen LogP contribution in [-0.2, 0) is 13.1 Å².